The summed E-state index contributed by atoms with van der Waals surface area (Å²) in [6.07, 6.45) is 0. The number of amides is 1. The molecular formula is C19H18N6OS2. The lowest BCUT2D eigenvalue weighted by Crippen LogP contribution is -2.22. The number of hydrogen-bond acceptors (Lipinski definition) is 7. The van der Waals surface area contributed by atoms with Gasteiger partial charge in [0.2, 0.25) is 11.1 Å². The van der Waals surface area contributed by atoms with Crippen LogP contribution in [0.3, 0.4) is 0 Å². The molecule has 0 radical (unpaired) electrons. The van der Waals surface area contributed by atoms with Gasteiger partial charge in [0.25, 0.3) is 5.78 Å². The number of anilines is 1. The average Bonchev–Trinajstić information content (AvgIpc) is 3.29. The molecule has 7 nitrogen and oxygen atoms in total. The molecule has 0 saturated carbocycles. The number of hydrogen-bond donors (Lipinski definition) is 1. The van der Waals surface area contributed by atoms with Gasteiger partial charge in [-0.3, -0.25) is 4.79 Å². The highest BCUT2D eigenvalue weighted by molar-refractivity contribution is 8.00. The van der Waals surface area contributed by atoms with Crippen LogP contribution in [0, 0.1) is 13.8 Å². The second-order valence-electron chi connectivity index (χ2n) is 6.30. The molecule has 0 bridgehead atoms. The molecule has 0 aliphatic carbocycles. The fourth-order valence-corrected chi connectivity index (χ4v) is 4.16. The molecule has 142 valence electrons. The lowest BCUT2D eigenvalue weighted by Gasteiger charge is -2.07. The van der Waals surface area contributed by atoms with Gasteiger partial charge in [-0.2, -0.15) is 4.98 Å². The number of carbonyl (C=O) groups excluding carboxylic acids is 1. The topological polar surface area (TPSA) is 85.1 Å². The molecule has 1 unspecified atom stereocenters. The van der Waals surface area contributed by atoms with Gasteiger partial charge in [-0.25, -0.2) is 14.5 Å². The molecule has 1 amide bonds. The van der Waals surface area contributed by atoms with Crippen molar-refractivity contribution >= 4 is 39.9 Å². The van der Waals surface area contributed by atoms with Gasteiger partial charge in [-0.15, -0.1) is 16.4 Å². The van der Waals surface area contributed by atoms with Crippen molar-refractivity contribution in [3.63, 3.8) is 0 Å². The van der Waals surface area contributed by atoms with Gasteiger partial charge >= 0.3 is 0 Å². The molecule has 9 heteroatoms. The summed E-state index contributed by atoms with van der Waals surface area (Å²) in [5.41, 5.74) is 3.71. The maximum absolute atomic E-state index is 12.6. The molecule has 0 aliphatic rings. The summed E-state index contributed by atoms with van der Waals surface area (Å²) in [5, 5.41) is 9.97. The Kier molecular flexibility index (Phi) is 5.10. The van der Waals surface area contributed by atoms with Gasteiger partial charge in [0.15, 0.2) is 5.13 Å². The number of rotatable bonds is 5. The van der Waals surface area contributed by atoms with Gasteiger partial charge in [0.1, 0.15) is 0 Å². The summed E-state index contributed by atoms with van der Waals surface area (Å²) in [7, 11) is 0. The van der Waals surface area contributed by atoms with E-state index in [2.05, 4.69) is 25.4 Å². The zero-order valence-corrected chi connectivity index (χ0v) is 17.2. The molecule has 3 aromatic heterocycles. The van der Waals surface area contributed by atoms with Crippen molar-refractivity contribution in [2.75, 3.05) is 5.32 Å². The van der Waals surface area contributed by atoms with E-state index < -0.39 is 0 Å². The Morgan fingerprint density at radius 3 is 2.75 bits per heavy atom. The largest absolute Gasteiger partial charge is 0.301 e. The van der Waals surface area contributed by atoms with Crippen molar-refractivity contribution in [1.82, 2.24) is 24.6 Å². The van der Waals surface area contributed by atoms with Gasteiger partial charge in [-0.05, 0) is 26.8 Å². The predicted octanol–water partition coefficient (Wildman–Crippen LogP) is 3.98. The van der Waals surface area contributed by atoms with Crippen molar-refractivity contribution in [3.05, 3.63) is 53.2 Å². The number of benzene rings is 1. The molecule has 1 aromatic carbocycles. The molecule has 1 N–H and O–H groups in total. The van der Waals surface area contributed by atoms with Crippen molar-refractivity contribution < 1.29 is 4.79 Å². The summed E-state index contributed by atoms with van der Waals surface area (Å²) in [6, 6.07) is 11.8. The third-order valence-corrected chi connectivity index (χ3v) is 5.76. The maximum atomic E-state index is 12.6. The van der Waals surface area contributed by atoms with E-state index in [0.717, 1.165) is 22.6 Å². The lowest BCUT2D eigenvalue weighted by atomic mass is 10.2. The van der Waals surface area contributed by atoms with Crippen molar-refractivity contribution in [1.29, 1.82) is 0 Å². The van der Waals surface area contributed by atoms with Gasteiger partial charge in [0.05, 0.1) is 10.9 Å². The van der Waals surface area contributed by atoms with E-state index in [1.807, 2.05) is 62.5 Å². The van der Waals surface area contributed by atoms with E-state index >= 15 is 0 Å². The first-order valence-electron chi connectivity index (χ1n) is 8.69. The number of aryl methyl sites for hydroxylation is 2. The first-order valence-corrected chi connectivity index (χ1v) is 10.4. The predicted molar refractivity (Wildman–Crippen MR) is 112 cm³/mol. The fourth-order valence-electron chi connectivity index (χ4n) is 2.69. The number of thiazole rings is 1. The number of carbonyl (C=O) groups is 1. The molecule has 4 aromatic rings. The Bertz CT molecular complexity index is 1140. The van der Waals surface area contributed by atoms with E-state index in [9.17, 15) is 4.79 Å². The second-order valence-corrected chi connectivity index (χ2v) is 8.46. The Balaban J connectivity index is 1.44. The minimum absolute atomic E-state index is 0.140. The Labute approximate surface area is 170 Å². The molecule has 3 heterocycles. The van der Waals surface area contributed by atoms with Crippen LogP contribution in [0.5, 0.6) is 0 Å². The lowest BCUT2D eigenvalue weighted by molar-refractivity contribution is -0.115. The molecular weight excluding hydrogens is 392 g/mol. The zero-order chi connectivity index (χ0) is 19.7. The number of aromatic nitrogens is 5. The van der Waals surface area contributed by atoms with Crippen LogP contribution in [-0.2, 0) is 4.79 Å². The van der Waals surface area contributed by atoms with E-state index in [4.69, 9.17) is 0 Å². The van der Waals surface area contributed by atoms with Crippen LogP contribution in [0.15, 0.2) is 46.9 Å². The standard InChI is InChI=1S/C19H18N6OS2/c1-11-9-12(2)25-17(20-11)23-19(24-25)28-13(3)16(26)22-18-21-15(10-27-18)14-7-5-4-6-8-14/h4-10,13H,1-3H3,(H,21,22,26). The highest BCUT2D eigenvalue weighted by Gasteiger charge is 2.19. The summed E-state index contributed by atoms with van der Waals surface area (Å²) in [4.78, 5) is 25.8. The number of fused-ring (bicyclic) bond motifs is 1. The van der Waals surface area contributed by atoms with Crippen LogP contribution in [0.25, 0.3) is 17.0 Å². The van der Waals surface area contributed by atoms with Crippen molar-refractivity contribution in [2.24, 2.45) is 0 Å². The number of nitrogens with zero attached hydrogens (tertiary/aromatic N) is 5. The SMILES string of the molecule is Cc1cc(C)n2nc(SC(C)C(=O)Nc3nc(-c4ccccc4)cs3)nc2n1. The first-order chi connectivity index (χ1) is 13.5. The number of nitrogens with one attached hydrogen (secondary N) is 1. The zero-order valence-electron chi connectivity index (χ0n) is 15.6. The molecule has 0 spiro atoms. The van der Waals surface area contributed by atoms with E-state index in [0.29, 0.717) is 16.1 Å². The van der Waals surface area contributed by atoms with E-state index in [1.165, 1.54) is 23.1 Å². The summed E-state index contributed by atoms with van der Waals surface area (Å²) >= 11 is 2.70. The minimum atomic E-state index is -0.372. The third-order valence-electron chi connectivity index (χ3n) is 4.05. The monoisotopic (exact) mass is 410 g/mol. The Morgan fingerprint density at radius 1 is 1.18 bits per heavy atom. The van der Waals surface area contributed by atoms with Crippen molar-refractivity contribution in [3.8, 4) is 11.3 Å². The third kappa shape index (κ3) is 3.90. The molecule has 4 rings (SSSR count). The maximum Gasteiger partial charge on any atom is 0.253 e. The Morgan fingerprint density at radius 2 is 1.96 bits per heavy atom. The van der Waals surface area contributed by atoms with Crippen LogP contribution in [-0.4, -0.2) is 35.7 Å². The van der Waals surface area contributed by atoms with Gasteiger partial charge < -0.3 is 5.32 Å². The van der Waals surface area contributed by atoms with Crippen molar-refractivity contribution in [2.45, 2.75) is 31.2 Å². The minimum Gasteiger partial charge on any atom is -0.301 e. The highest BCUT2D eigenvalue weighted by Crippen LogP contribution is 2.26. The first kappa shape index (κ1) is 18.6. The fraction of sp³-hybridized carbons (Fsp3) is 0.211. The summed E-state index contributed by atoms with van der Waals surface area (Å²) in [6.45, 7) is 5.69. The summed E-state index contributed by atoms with van der Waals surface area (Å²) < 4.78 is 1.69. The van der Waals surface area contributed by atoms with Crippen LogP contribution in [0.2, 0.25) is 0 Å². The van der Waals surface area contributed by atoms with E-state index in [1.54, 1.807) is 4.52 Å². The number of thioether (sulfide) groups is 1. The average molecular weight is 411 g/mol. The van der Waals surface area contributed by atoms with Crippen LogP contribution >= 0.6 is 23.1 Å². The van der Waals surface area contributed by atoms with Crippen LogP contribution < -0.4 is 5.32 Å². The second kappa shape index (κ2) is 7.69. The Hall–Kier alpha value is -2.78. The van der Waals surface area contributed by atoms with Gasteiger partial charge in [0, 0.05) is 22.3 Å². The van der Waals surface area contributed by atoms with Gasteiger partial charge in [-0.1, -0.05) is 42.1 Å². The van der Waals surface area contributed by atoms with E-state index in [-0.39, 0.29) is 11.2 Å². The van der Waals surface area contributed by atoms with Crippen LogP contribution in [0.1, 0.15) is 18.3 Å². The smallest absolute Gasteiger partial charge is 0.253 e. The normalized spacial score (nSPS) is 12.2. The molecule has 28 heavy (non-hydrogen) atoms. The molecule has 0 aliphatic heterocycles. The molecule has 0 saturated heterocycles. The quantitative estimate of drug-likeness (QED) is 0.501. The molecule has 0 fully saturated rings. The summed E-state index contributed by atoms with van der Waals surface area (Å²) in [5.74, 6) is 0.402. The molecule has 1 atom stereocenters. The van der Waals surface area contributed by atoms with Crippen LogP contribution in [0.4, 0.5) is 5.13 Å². The highest BCUT2D eigenvalue weighted by atomic mass is 32.2.